The van der Waals surface area contributed by atoms with Crippen LogP contribution in [0.15, 0.2) is 133 Å². The van der Waals surface area contributed by atoms with Gasteiger partial charge in [0.05, 0.1) is 23.4 Å². The fourth-order valence-electron chi connectivity index (χ4n) is 6.56. The number of aromatic nitrogens is 3. The lowest BCUT2D eigenvalue weighted by Gasteiger charge is -2.45. The Hall–Kier alpha value is -4.90. The highest BCUT2D eigenvalue weighted by molar-refractivity contribution is 5.92. The molecule has 0 spiro atoms. The van der Waals surface area contributed by atoms with Gasteiger partial charge in [0.1, 0.15) is 5.54 Å². The highest BCUT2D eigenvalue weighted by Crippen LogP contribution is 2.50. The second-order valence-electron chi connectivity index (χ2n) is 11.6. The molecule has 7 rings (SSSR count). The first-order chi connectivity index (χ1) is 20.0. The first-order valence-electron chi connectivity index (χ1n) is 14.1. The van der Waals surface area contributed by atoms with Crippen molar-refractivity contribution < 1.29 is 0 Å². The molecule has 1 aliphatic rings. The van der Waals surface area contributed by atoms with Crippen molar-refractivity contribution in [1.29, 1.82) is 0 Å². The van der Waals surface area contributed by atoms with Crippen molar-refractivity contribution in [3.05, 3.63) is 150 Å². The molecule has 0 aliphatic carbocycles. The predicted molar refractivity (Wildman–Crippen MR) is 168 cm³/mol. The Bertz CT molecular complexity index is 1730. The lowest BCUT2D eigenvalue weighted by atomic mass is 9.76. The van der Waals surface area contributed by atoms with Gasteiger partial charge in [-0.25, -0.2) is 4.99 Å². The molecule has 0 bridgehead atoms. The molecule has 1 unspecified atom stereocenters. The SMILES string of the molecule is CC(C)(C)N1c2ccn(C(c3ccccc3)(c3ccccc3)c3ccccc3)c2N=CC1c1cccc2[nH]ncc12. The summed E-state index contributed by atoms with van der Waals surface area (Å²) in [6, 6.07) is 40.9. The normalized spacial score (nSPS) is 15.3. The molecular formula is C36H33N5. The number of hydrogen-bond donors (Lipinski definition) is 1. The molecule has 3 heterocycles. The summed E-state index contributed by atoms with van der Waals surface area (Å²) >= 11 is 0. The largest absolute Gasteiger partial charge is 0.352 e. The monoisotopic (exact) mass is 535 g/mol. The number of benzene rings is 4. The van der Waals surface area contributed by atoms with Gasteiger partial charge in [-0.05, 0) is 55.2 Å². The van der Waals surface area contributed by atoms with Gasteiger partial charge in [0.15, 0.2) is 5.82 Å². The summed E-state index contributed by atoms with van der Waals surface area (Å²) in [7, 11) is 0. The predicted octanol–water partition coefficient (Wildman–Crippen LogP) is 8.27. The lowest BCUT2D eigenvalue weighted by molar-refractivity contribution is 0.481. The van der Waals surface area contributed by atoms with Crippen LogP contribution in [0, 0.1) is 0 Å². The molecule has 5 nitrogen and oxygen atoms in total. The van der Waals surface area contributed by atoms with Gasteiger partial charge in [0.25, 0.3) is 0 Å². The van der Waals surface area contributed by atoms with Crippen molar-refractivity contribution >= 4 is 28.6 Å². The Kier molecular flexibility index (Phi) is 5.89. The van der Waals surface area contributed by atoms with Crippen molar-refractivity contribution in [3.63, 3.8) is 0 Å². The van der Waals surface area contributed by atoms with Crippen LogP contribution < -0.4 is 4.90 Å². The number of nitrogens with zero attached hydrogens (tertiary/aromatic N) is 4. The Labute approximate surface area is 240 Å². The molecule has 2 aromatic heterocycles. The van der Waals surface area contributed by atoms with Crippen LogP contribution in [0.1, 0.15) is 49.1 Å². The van der Waals surface area contributed by atoms with E-state index in [1.165, 1.54) is 22.3 Å². The third-order valence-electron chi connectivity index (χ3n) is 8.21. The highest BCUT2D eigenvalue weighted by Gasteiger charge is 2.43. The molecule has 1 N–H and O–H groups in total. The summed E-state index contributed by atoms with van der Waals surface area (Å²) in [5.41, 5.74) is 6.06. The van der Waals surface area contributed by atoms with Gasteiger partial charge < -0.3 is 9.47 Å². The van der Waals surface area contributed by atoms with Crippen LogP contribution in [0.3, 0.4) is 0 Å². The Morgan fingerprint density at radius 3 is 1.83 bits per heavy atom. The van der Waals surface area contributed by atoms with Crippen molar-refractivity contribution in [1.82, 2.24) is 14.8 Å². The van der Waals surface area contributed by atoms with Gasteiger partial charge in [-0.3, -0.25) is 5.10 Å². The Balaban J connectivity index is 1.51. The molecule has 1 atom stereocenters. The number of anilines is 1. The molecule has 0 saturated carbocycles. The van der Waals surface area contributed by atoms with Crippen LogP contribution in [-0.2, 0) is 5.54 Å². The van der Waals surface area contributed by atoms with Crippen molar-refractivity contribution in [3.8, 4) is 0 Å². The van der Waals surface area contributed by atoms with Crippen molar-refractivity contribution in [2.75, 3.05) is 4.90 Å². The third kappa shape index (κ3) is 3.92. The number of fused-ring (bicyclic) bond motifs is 2. The quantitative estimate of drug-likeness (QED) is 0.226. The van der Waals surface area contributed by atoms with Gasteiger partial charge in [0, 0.05) is 23.3 Å². The van der Waals surface area contributed by atoms with Crippen molar-refractivity contribution in [2.45, 2.75) is 37.9 Å². The summed E-state index contributed by atoms with van der Waals surface area (Å²) < 4.78 is 2.37. The summed E-state index contributed by atoms with van der Waals surface area (Å²) in [4.78, 5) is 7.77. The maximum atomic E-state index is 5.27. The van der Waals surface area contributed by atoms with Crippen LogP contribution in [0.2, 0.25) is 0 Å². The van der Waals surface area contributed by atoms with E-state index in [4.69, 9.17) is 4.99 Å². The van der Waals surface area contributed by atoms with Gasteiger partial charge >= 0.3 is 0 Å². The van der Waals surface area contributed by atoms with E-state index < -0.39 is 5.54 Å². The minimum atomic E-state index is -0.629. The average molecular weight is 536 g/mol. The minimum absolute atomic E-state index is 0.0424. The van der Waals surface area contributed by atoms with Crippen molar-refractivity contribution in [2.24, 2.45) is 4.99 Å². The lowest BCUT2D eigenvalue weighted by Crippen LogP contribution is -2.46. The zero-order valence-electron chi connectivity index (χ0n) is 23.6. The van der Waals surface area contributed by atoms with E-state index in [9.17, 15) is 0 Å². The van der Waals surface area contributed by atoms with Crippen LogP contribution in [0.5, 0.6) is 0 Å². The molecule has 1 aliphatic heterocycles. The number of rotatable bonds is 5. The standard InChI is InChI=1S/C36H33N5/c1-35(2,3)41-32-22-23-40(34(32)37-25-33(41)29-20-13-21-31-30(29)24-38-39-31)36(26-14-7-4-8-15-26,27-16-9-5-10-17-27)28-18-11-6-12-19-28/h4-25,33H,1-3H3,(H,38,39). The van der Waals surface area contributed by atoms with Gasteiger partial charge in [-0.2, -0.15) is 5.10 Å². The Morgan fingerprint density at radius 1 is 0.683 bits per heavy atom. The van der Waals surface area contributed by atoms with Crippen LogP contribution >= 0.6 is 0 Å². The van der Waals surface area contributed by atoms with Gasteiger partial charge in [-0.1, -0.05) is 103 Å². The minimum Gasteiger partial charge on any atom is -0.352 e. The maximum Gasteiger partial charge on any atom is 0.157 e. The summed E-state index contributed by atoms with van der Waals surface area (Å²) in [6.45, 7) is 6.82. The smallest absolute Gasteiger partial charge is 0.157 e. The third-order valence-corrected chi connectivity index (χ3v) is 8.21. The van der Waals surface area contributed by atoms with Crippen LogP contribution in [0.4, 0.5) is 11.5 Å². The zero-order chi connectivity index (χ0) is 28.0. The van der Waals surface area contributed by atoms with E-state index in [-0.39, 0.29) is 11.6 Å². The molecule has 0 fully saturated rings. The number of H-pyrrole nitrogens is 1. The zero-order valence-corrected chi connectivity index (χ0v) is 23.6. The molecule has 5 heteroatoms. The number of nitrogens with one attached hydrogen (secondary N) is 1. The number of hydrogen-bond acceptors (Lipinski definition) is 3. The fraction of sp³-hybridized carbons (Fsp3) is 0.167. The number of aliphatic imine (C=N–C) groups is 1. The fourth-order valence-corrected chi connectivity index (χ4v) is 6.56. The molecule has 0 saturated heterocycles. The first kappa shape index (κ1) is 25.1. The van der Waals surface area contributed by atoms with E-state index in [1.54, 1.807) is 0 Å². The highest BCUT2D eigenvalue weighted by atomic mass is 15.3. The van der Waals surface area contributed by atoms with Crippen LogP contribution in [-0.4, -0.2) is 26.5 Å². The number of aromatic amines is 1. The van der Waals surface area contributed by atoms with E-state index >= 15 is 0 Å². The maximum absolute atomic E-state index is 5.27. The van der Waals surface area contributed by atoms with Crippen LogP contribution in [0.25, 0.3) is 10.9 Å². The van der Waals surface area contributed by atoms with Gasteiger partial charge in [-0.15, -0.1) is 0 Å². The summed E-state index contributed by atoms with van der Waals surface area (Å²) in [5.74, 6) is 0.937. The molecule has 0 radical (unpaired) electrons. The van der Waals surface area contributed by atoms with E-state index in [2.05, 4.69) is 168 Å². The molecule has 202 valence electrons. The van der Waals surface area contributed by atoms with E-state index in [0.717, 1.165) is 22.4 Å². The van der Waals surface area contributed by atoms with Gasteiger partial charge in [0.2, 0.25) is 0 Å². The molecule has 0 amide bonds. The van der Waals surface area contributed by atoms with E-state index in [1.807, 2.05) is 6.20 Å². The summed E-state index contributed by atoms with van der Waals surface area (Å²) in [5, 5.41) is 8.59. The molecule has 6 aromatic rings. The topological polar surface area (TPSA) is 49.2 Å². The average Bonchev–Trinajstić information content (AvgIpc) is 3.66. The first-order valence-corrected chi connectivity index (χ1v) is 14.1. The second-order valence-corrected chi connectivity index (χ2v) is 11.6. The summed E-state index contributed by atoms with van der Waals surface area (Å²) in [6.07, 6.45) is 6.25. The molecule has 4 aromatic carbocycles. The van der Waals surface area contributed by atoms with E-state index in [0.29, 0.717) is 0 Å². The molecule has 41 heavy (non-hydrogen) atoms. The molecular weight excluding hydrogens is 502 g/mol. The second kappa shape index (κ2) is 9.63. The Morgan fingerprint density at radius 2 is 1.27 bits per heavy atom.